The average molecular weight is 640 g/mol. The molecule has 2 aromatic rings. The van der Waals surface area contributed by atoms with E-state index in [0.717, 1.165) is 16.7 Å². The van der Waals surface area contributed by atoms with E-state index in [1.54, 1.807) is 30.3 Å². The Bertz CT molecular complexity index is 1610. The molecule has 1 fully saturated rings. The molecule has 0 aromatic heterocycles. The van der Waals surface area contributed by atoms with Gasteiger partial charge in [-0.15, -0.1) is 23.5 Å². The molecule has 3 aliphatic heterocycles. The Morgan fingerprint density at radius 2 is 1.57 bits per heavy atom. The summed E-state index contributed by atoms with van der Waals surface area (Å²) in [6, 6.07) is 9.87. The van der Waals surface area contributed by atoms with Crippen molar-refractivity contribution in [3.63, 3.8) is 0 Å². The van der Waals surface area contributed by atoms with Crippen LogP contribution in [0.15, 0.2) is 64.7 Å². The molecule has 3 aliphatic rings. The van der Waals surface area contributed by atoms with Crippen molar-refractivity contribution in [2.45, 2.75) is 41.6 Å². The minimum absolute atomic E-state index is 0.00188. The minimum Gasteiger partial charge on any atom is -0.480 e. The Balaban J connectivity index is 1.18. The number of amides is 4. The average Bonchev–Trinajstić information content (AvgIpc) is 3.25. The summed E-state index contributed by atoms with van der Waals surface area (Å²) in [6.45, 7) is 0. The van der Waals surface area contributed by atoms with Crippen molar-refractivity contribution in [1.82, 2.24) is 15.1 Å². The van der Waals surface area contributed by atoms with Crippen LogP contribution in [0.4, 0.5) is 0 Å². The first kappa shape index (κ1) is 30.8. The number of aliphatic carboxylic acids is 2. The van der Waals surface area contributed by atoms with Crippen LogP contribution in [-0.2, 0) is 19.2 Å². The molecule has 15 heteroatoms. The molecule has 0 saturated carbocycles. The normalized spacial score (nSPS) is 19.7. The number of nitrogens with one attached hydrogen (secondary N) is 1. The highest BCUT2D eigenvalue weighted by molar-refractivity contribution is 8.01. The summed E-state index contributed by atoms with van der Waals surface area (Å²) >= 11 is 2.42. The lowest BCUT2D eigenvalue weighted by Crippen LogP contribution is -2.70. The molecule has 3 heterocycles. The van der Waals surface area contributed by atoms with Crippen molar-refractivity contribution in [3.8, 4) is 0 Å². The number of thioether (sulfide) groups is 2. The monoisotopic (exact) mass is 639 g/mol. The van der Waals surface area contributed by atoms with Crippen LogP contribution in [0.2, 0.25) is 0 Å². The molecule has 0 aliphatic carbocycles. The van der Waals surface area contributed by atoms with Gasteiger partial charge in [-0.05, 0) is 42.7 Å². The summed E-state index contributed by atoms with van der Waals surface area (Å²) in [5.74, 6) is -6.06. The molecule has 1 saturated heterocycles. The van der Waals surface area contributed by atoms with Crippen LogP contribution in [0.25, 0.3) is 0 Å². The Hall–Kier alpha value is -4.63. The van der Waals surface area contributed by atoms with Crippen LogP contribution in [0.1, 0.15) is 50.3 Å². The molecule has 13 nitrogen and oxygen atoms in total. The number of benzene rings is 2. The molecular formula is C29H25N3O10S2. The highest BCUT2D eigenvalue weighted by Crippen LogP contribution is 2.42. The van der Waals surface area contributed by atoms with Gasteiger partial charge in [0.05, 0.1) is 16.7 Å². The van der Waals surface area contributed by atoms with E-state index in [1.165, 1.54) is 30.0 Å². The first-order valence-corrected chi connectivity index (χ1v) is 15.4. The second-order valence-corrected chi connectivity index (χ2v) is 12.2. The van der Waals surface area contributed by atoms with Crippen LogP contribution >= 0.6 is 23.5 Å². The first-order chi connectivity index (χ1) is 21.0. The van der Waals surface area contributed by atoms with Gasteiger partial charge in [0, 0.05) is 22.8 Å². The number of aromatic carboxylic acids is 1. The zero-order chi connectivity index (χ0) is 31.7. The number of β-lactam (4-membered cyclic amide) rings is 1. The van der Waals surface area contributed by atoms with E-state index in [4.69, 9.17) is 0 Å². The molecule has 0 radical (unpaired) electrons. The molecule has 5 rings (SSSR count). The van der Waals surface area contributed by atoms with E-state index in [1.807, 2.05) is 0 Å². The number of rotatable bonds is 12. The minimum atomic E-state index is -1.48. The largest absolute Gasteiger partial charge is 0.480 e. The first-order valence-electron chi connectivity index (χ1n) is 13.4. The zero-order valence-corrected chi connectivity index (χ0v) is 24.4. The molecule has 44 heavy (non-hydrogen) atoms. The summed E-state index contributed by atoms with van der Waals surface area (Å²) in [6.07, 6.45) is -0.381. The zero-order valence-electron chi connectivity index (χ0n) is 22.8. The Morgan fingerprint density at radius 3 is 2.18 bits per heavy atom. The van der Waals surface area contributed by atoms with E-state index < -0.39 is 59.0 Å². The quantitative estimate of drug-likeness (QED) is 0.150. The number of carbonyl (C=O) groups is 7. The maximum atomic E-state index is 13.0. The number of carboxylic acids is 3. The van der Waals surface area contributed by atoms with Crippen LogP contribution in [0.3, 0.4) is 0 Å². The summed E-state index contributed by atoms with van der Waals surface area (Å²) in [7, 11) is 0. The Morgan fingerprint density at radius 1 is 0.932 bits per heavy atom. The summed E-state index contributed by atoms with van der Waals surface area (Å²) in [5.41, 5.74) is 0.546. The number of hydrogen-bond donors (Lipinski definition) is 4. The number of carbonyl (C=O) groups excluding carboxylic acids is 4. The Kier molecular flexibility index (Phi) is 8.78. The molecule has 4 N–H and O–H groups in total. The van der Waals surface area contributed by atoms with Crippen LogP contribution in [0.5, 0.6) is 0 Å². The second-order valence-electron chi connectivity index (χ2n) is 10.1. The van der Waals surface area contributed by atoms with Gasteiger partial charge in [-0.25, -0.2) is 14.4 Å². The number of nitrogens with zero attached hydrogens (tertiary/aromatic N) is 2. The highest BCUT2D eigenvalue weighted by atomic mass is 32.2. The van der Waals surface area contributed by atoms with Crippen LogP contribution in [-0.4, -0.2) is 95.6 Å². The van der Waals surface area contributed by atoms with Gasteiger partial charge in [0.25, 0.3) is 17.7 Å². The lowest BCUT2D eigenvalue weighted by Gasteiger charge is -2.49. The van der Waals surface area contributed by atoms with E-state index >= 15 is 0 Å². The third kappa shape index (κ3) is 5.67. The standard InChI is InChI=1S/C29H25N3O10S2/c33-20(11-5-9-18(28(39)40)31-23(34)15-6-1-2-7-16(15)24(31)35)30-21-25(36)32-22(29(41)42)14(13-44-26(21)32)12-43-19-10-4-3-8-17(19)27(37)38/h1-4,6-8,10,18,21,26H,5,9,11-13H2,(H,30,33)(H,37,38)(H,39,40)(H,41,42)/t18?,21-,26+/m1/s1. The van der Waals surface area contributed by atoms with E-state index in [9.17, 15) is 48.9 Å². The SMILES string of the molecule is O=C(CCCC(C(=O)O)N1C(=O)c2ccccc2C1=O)N[C@@H]1C(=O)N2C(C(=O)O)=C(CSc3ccccc3C(=O)O)CS[C@@H]12. The summed E-state index contributed by atoms with van der Waals surface area (Å²) < 4.78 is 0. The summed E-state index contributed by atoms with van der Waals surface area (Å²) in [4.78, 5) is 89.0. The van der Waals surface area contributed by atoms with Gasteiger partial charge in [-0.3, -0.25) is 29.0 Å². The topological polar surface area (TPSA) is 199 Å². The lowest BCUT2D eigenvalue weighted by molar-refractivity contribution is -0.150. The Labute approximate surface area is 258 Å². The second kappa shape index (κ2) is 12.5. The highest BCUT2D eigenvalue weighted by Gasteiger charge is 2.54. The van der Waals surface area contributed by atoms with Gasteiger partial charge < -0.3 is 20.6 Å². The fourth-order valence-electron chi connectivity index (χ4n) is 5.28. The van der Waals surface area contributed by atoms with Crippen molar-refractivity contribution in [1.29, 1.82) is 0 Å². The molecule has 0 bridgehead atoms. The molecule has 4 amide bonds. The molecule has 2 aromatic carbocycles. The molecule has 228 valence electrons. The molecular weight excluding hydrogens is 614 g/mol. The van der Waals surface area contributed by atoms with Crippen molar-refractivity contribution in [3.05, 3.63) is 76.5 Å². The third-order valence-corrected chi connectivity index (χ3v) is 9.89. The number of carboxylic acid groups (broad SMARTS) is 3. The maximum Gasteiger partial charge on any atom is 0.352 e. The fraction of sp³-hybridized carbons (Fsp3) is 0.276. The van der Waals surface area contributed by atoms with Crippen molar-refractivity contribution < 1.29 is 48.9 Å². The smallest absolute Gasteiger partial charge is 0.352 e. The number of hydrogen-bond acceptors (Lipinski definition) is 9. The molecule has 3 atom stereocenters. The van der Waals surface area contributed by atoms with Gasteiger partial charge >= 0.3 is 17.9 Å². The van der Waals surface area contributed by atoms with Crippen LogP contribution < -0.4 is 5.32 Å². The van der Waals surface area contributed by atoms with Gasteiger partial charge in [0.2, 0.25) is 5.91 Å². The fourth-order valence-corrected chi connectivity index (χ4v) is 7.81. The van der Waals surface area contributed by atoms with E-state index in [2.05, 4.69) is 5.32 Å². The van der Waals surface area contributed by atoms with Crippen molar-refractivity contribution >= 4 is 65.1 Å². The van der Waals surface area contributed by atoms with E-state index in [0.29, 0.717) is 15.4 Å². The van der Waals surface area contributed by atoms with Crippen LogP contribution in [0, 0.1) is 0 Å². The van der Waals surface area contributed by atoms with Gasteiger partial charge in [0.1, 0.15) is 23.2 Å². The van der Waals surface area contributed by atoms with E-state index in [-0.39, 0.29) is 53.2 Å². The van der Waals surface area contributed by atoms with Gasteiger partial charge in [-0.2, -0.15) is 0 Å². The predicted octanol–water partition coefficient (Wildman–Crippen LogP) is 2.14. The maximum absolute atomic E-state index is 13.0. The van der Waals surface area contributed by atoms with Gasteiger partial charge in [0.15, 0.2) is 0 Å². The lowest BCUT2D eigenvalue weighted by atomic mass is 10.0. The third-order valence-electron chi connectivity index (χ3n) is 7.39. The number of imide groups is 1. The van der Waals surface area contributed by atoms with Gasteiger partial charge in [-0.1, -0.05) is 24.3 Å². The van der Waals surface area contributed by atoms with Crippen molar-refractivity contribution in [2.75, 3.05) is 11.5 Å². The molecule has 0 spiro atoms. The predicted molar refractivity (Wildman–Crippen MR) is 156 cm³/mol. The van der Waals surface area contributed by atoms with Crippen molar-refractivity contribution in [2.24, 2.45) is 0 Å². The number of fused-ring (bicyclic) bond motifs is 2. The summed E-state index contributed by atoms with van der Waals surface area (Å²) in [5, 5.41) is 31.0. The molecule has 1 unspecified atom stereocenters.